The van der Waals surface area contributed by atoms with Crippen LogP contribution in [0.3, 0.4) is 0 Å². The summed E-state index contributed by atoms with van der Waals surface area (Å²) >= 11 is 0. The topological polar surface area (TPSA) is 32.3 Å². The van der Waals surface area contributed by atoms with Gasteiger partial charge in [-0.1, -0.05) is 60.7 Å². The molecule has 0 aliphatic carbocycles. The predicted molar refractivity (Wildman–Crippen MR) is 88.4 cm³/mol. The SMILES string of the molecule is O=C1NCCN(Cc2ccccc2)[C@@H]1CCc1ccccc1. The van der Waals surface area contributed by atoms with E-state index in [-0.39, 0.29) is 11.9 Å². The fourth-order valence-corrected chi connectivity index (χ4v) is 3.03. The van der Waals surface area contributed by atoms with E-state index in [4.69, 9.17) is 0 Å². The van der Waals surface area contributed by atoms with Crippen molar-refractivity contribution in [3.8, 4) is 0 Å². The number of carbonyl (C=O) groups is 1. The van der Waals surface area contributed by atoms with Gasteiger partial charge in [-0.05, 0) is 24.0 Å². The number of hydrogen-bond acceptors (Lipinski definition) is 2. The van der Waals surface area contributed by atoms with E-state index in [9.17, 15) is 4.79 Å². The molecule has 3 heteroatoms. The van der Waals surface area contributed by atoms with Gasteiger partial charge in [0, 0.05) is 19.6 Å². The molecule has 1 atom stereocenters. The lowest BCUT2D eigenvalue weighted by Crippen LogP contribution is -2.54. The Morgan fingerprint density at radius 3 is 2.27 bits per heavy atom. The van der Waals surface area contributed by atoms with E-state index in [1.165, 1.54) is 11.1 Å². The second-order valence-corrected chi connectivity index (χ2v) is 5.79. The summed E-state index contributed by atoms with van der Waals surface area (Å²) in [6.45, 7) is 2.50. The number of hydrogen-bond donors (Lipinski definition) is 1. The van der Waals surface area contributed by atoms with Gasteiger partial charge < -0.3 is 5.32 Å². The monoisotopic (exact) mass is 294 g/mol. The molecule has 1 heterocycles. The summed E-state index contributed by atoms with van der Waals surface area (Å²) < 4.78 is 0. The van der Waals surface area contributed by atoms with Gasteiger partial charge in [-0.25, -0.2) is 0 Å². The van der Waals surface area contributed by atoms with E-state index in [1.807, 2.05) is 12.1 Å². The summed E-state index contributed by atoms with van der Waals surface area (Å²) in [5, 5.41) is 3.00. The Bertz CT molecular complexity index is 597. The van der Waals surface area contributed by atoms with Crippen molar-refractivity contribution in [1.29, 1.82) is 0 Å². The van der Waals surface area contributed by atoms with Crippen LogP contribution in [0.15, 0.2) is 60.7 Å². The Labute approximate surface area is 132 Å². The summed E-state index contributed by atoms with van der Waals surface area (Å²) in [5.74, 6) is 0.165. The number of piperazine rings is 1. The highest BCUT2D eigenvalue weighted by Crippen LogP contribution is 2.16. The molecule has 1 amide bonds. The van der Waals surface area contributed by atoms with Crippen molar-refractivity contribution in [2.24, 2.45) is 0 Å². The van der Waals surface area contributed by atoms with Gasteiger partial charge in [-0.2, -0.15) is 0 Å². The van der Waals surface area contributed by atoms with E-state index in [0.717, 1.165) is 32.5 Å². The van der Waals surface area contributed by atoms with Crippen LogP contribution in [0.2, 0.25) is 0 Å². The molecule has 1 fully saturated rings. The molecule has 3 rings (SSSR count). The number of benzene rings is 2. The largest absolute Gasteiger partial charge is 0.353 e. The van der Waals surface area contributed by atoms with Crippen molar-refractivity contribution >= 4 is 5.91 Å². The molecule has 3 nitrogen and oxygen atoms in total. The number of aryl methyl sites for hydroxylation is 1. The smallest absolute Gasteiger partial charge is 0.237 e. The van der Waals surface area contributed by atoms with Crippen LogP contribution < -0.4 is 5.32 Å². The predicted octanol–water partition coefficient (Wildman–Crippen LogP) is 2.62. The van der Waals surface area contributed by atoms with Gasteiger partial charge in [0.05, 0.1) is 6.04 Å². The maximum atomic E-state index is 12.3. The van der Waals surface area contributed by atoms with E-state index in [1.54, 1.807) is 0 Å². The van der Waals surface area contributed by atoms with Gasteiger partial charge in [0.1, 0.15) is 0 Å². The first-order valence-electron chi connectivity index (χ1n) is 7.92. The molecule has 0 radical (unpaired) electrons. The molecule has 1 N–H and O–H groups in total. The van der Waals surface area contributed by atoms with E-state index < -0.39 is 0 Å². The van der Waals surface area contributed by atoms with Crippen LogP contribution in [0.25, 0.3) is 0 Å². The van der Waals surface area contributed by atoms with Gasteiger partial charge in [-0.3, -0.25) is 9.69 Å². The molecule has 0 aromatic heterocycles. The second-order valence-electron chi connectivity index (χ2n) is 5.79. The minimum Gasteiger partial charge on any atom is -0.353 e. The number of rotatable bonds is 5. The molecule has 22 heavy (non-hydrogen) atoms. The highest BCUT2D eigenvalue weighted by molar-refractivity contribution is 5.82. The maximum Gasteiger partial charge on any atom is 0.237 e. The number of amides is 1. The van der Waals surface area contributed by atoms with Crippen LogP contribution in [-0.2, 0) is 17.8 Å². The summed E-state index contributed by atoms with van der Waals surface area (Å²) in [7, 11) is 0. The molecule has 1 saturated heterocycles. The van der Waals surface area contributed by atoms with Gasteiger partial charge in [0.2, 0.25) is 5.91 Å². The first kappa shape index (κ1) is 14.8. The van der Waals surface area contributed by atoms with Gasteiger partial charge in [0.15, 0.2) is 0 Å². The molecule has 0 unspecified atom stereocenters. The maximum absolute atomic E-state index is 12.3. The van der Waals surface area contributed by atoms with Crippen LogP contribution in [0.1, 0.15) is 17.5 Å². The highest BCUT2D eigenvalue weighted by atomic mass is 16.2. The quantitative estimate of drug-likeness (QED) is 0.919. The van der Waals surface area contributed by atoms with E-state index >= 15 is 0 Å². The van der Waals surface area contributed by atoms with E-state index in [2.05, 4.69) is 58.7 Å². The van der Waals surface area contributed by atoms with Gasteiger partial charge >= 0.3 is 0 Å². The molecule has 114 valence electrons. The van der Waals surface area contributed by atoms with E-state index in [0.29, 0.717) is 0 Å². The molecule has 1 aliphatic heterocycles. The average molecular weight is 294 g/mol. The zero-order valence-corrected chi connectivity index (χ0v) is 12.7. The lowest BCUT2D eigenvalue weighted by atomic mass is 10.0. The summed E-state index contributed by atoms with van der Waals surface area (Å²) in [6, 6.07) is 20.7. The third-order valence-electron chi connectivity index (χ3n) is 4.22. The minimum absolute atomic E-state index is 0.0332. The lowest BCUT2D eigenvalue weighted by Gasteiger charge is -2.35. The molecular weight excluding hydrogens is 272 g/mol. The van der Waals surface area contributed by atoms with Crippen molar-refractivity contribution < 1.29 is 4.79 Å². The zero-order chi connectivity index (χ0) is 15.2. The molecule has 0 saturated carbocycles. The van der Waals surface area contributed by atoms with Crippen molar-refractivity contribution in [3.05, 3.63) is 71.8 Å². The third-order valence-corrected chi connectivity index (χ3v) is 4.22. The van der Waals surface area contributed by atoms with Crippen LogP contribution in [-0.4, -0.2) is 29.9 Å². The molecule has 0 bridgehead atoms. The first-order chi connectivity index (χ1) is 10.8. The number of nitrogens with one attached hydrogen (secondary N) is 1. The molecule has 2 aromatic rings. The van der Waals surface area contributed by atoms with Crippen molar-refractivity contribution in [2.75, 3.05) is 13.1 Å². The average Bonchev–Trinajstić information content (AvgIpc) is 2.56. The van der Waals surface area contributed by atoms with Crippen LogP contribution in [0, 0.1) is 0 Å². The highest BCUT2D eigenvalue weighted by Gasteiger charge is 2.29. The number of carbonyl (C=O) groups excluding carboxylic acids is 1. The number of nitrogens with zero attached hydrogens (tertiary/aromatic N) is 1. The fraction of sp³-hybridized carbons (Fsp3) is 0.316. The lowest BCUT2D eigenvalue weighted by molar-refractivity contribution is -0.129. The molecular formula is C19H22N2O. The van der Waals surface area contributed by atoms with Crippen LogP contribution in [0.4, 0.5) is 0 Å². The molecule has 1 aliphatic rings. The van der Waals surface area contributed by atoms with Crippen LogP contribution >= 0.6 is 0 Å². The van der Waals surface area contributed by atoms with Gasteiger partial charge in [-0.15, -0.1) is 0 Å². The van der Waals surface area contributed by atoms with Crippen molar-refractivity contribution in [2.45, 2.75) is 25.4 Å². The second kappa shape index (κ2) is 7.23. The Morgan fingerprint density at radius 2 is 1.59 bits per heavy atom. The minimum atomic E-state index is -0.0332. The Kier molecular flexibility index (Phi) is 4.86. The first-order valence-corrected chi connectivity index (χ1v) is 7.92. The summed E-state index contributed by atoms with van der Waals surface area (Å²) in [4.78, 5) is 14.6. The normalized spacial score (nSPS) is 18.9. The third kappa shape index (κ3) is 3.74. The molecule has 0 spiro atoms. The Morgan fingerprint density at radius 1 is 0.955 bits per heavy atom. The summed E-state index contributed by atoms with van der Waals surface area (Å²) in [6.07, 6.45) is 1.80. The van der Waals surface area contributed by atoms with Crippen LogP contribution in [0.5, 0.6) is 0 Å². The standard InChI is InChI=1S/C19H22N2O/c22-19-18(12-11-16-7-3-1-4-8-16)21(14-13-20-19)15-17-9-5-2-6-10-17/h1-10,18H,11-15H2,(H,20,22)/t18-/m1/s1. The van der Waals surface area contributed by atoms with Gasteiger partial charge in [0.25, 0.3) is 0 Å². The Hall–Kier alpha value is -2.13. The fourth-order valence-electron chi connectivity index (χ4n) is 3.03. The summed E-state index contributed by atoms with van der Waals surface area (Å²) in [5.41, 5.74) is 2.56. The molecule has 2 aromatic carbocycles. The van der Waals surface area contributed by atoms with Crippen molar-refractivity contribution in [3.63, 3.8) is 0 Å². The Balaban J connectivity index is 1.66. The van der Waals surface area contributed by atoms with Crippen molar-refractivity contribution in [1.82, 2.24) is 10.2 Å². The zero-order valence-electron chi connectivity index (χ0n) is 12.7.